The van der Waals surface area contributed by atoms with E-state index in [-0.39, 0.29) is 16.6 Å². The van der Waals surface area contributed by atoms with Crippen molar-refractivity contribution in [2.75, 3.05) is 11.3 Å². The van der Waals surface area contributed by atoms with Crippen LogP contribution in [0.5, 0.6) is 11.5 Å². The molecule has 1 unspecified atom stereocenters. The van der Waals surface area contributed by atoms with Crippen molar-refractivity contribution in [3.8, 4) is 11.5 Å². The van der Waals surface area contributed by atoms with E-state index in [9.17, 15) is 13.2 Å². The standard InChI is InChI=1S/C19H20N2O6S/c1-4-25-17-8-12-7-11(2)26-16(12)10-14(17)20-28(23,24)13-5-6-15-18(9-13)27-19(22)21(15)3/h5-6,8-11,20H,4,7H2,1-3H3. The van der Waals surface area contributed by atoms with Crippen LogP contribution in [-0.2, 0) is 23.5 Å². The minimum absolute atomic E-state index is 0.0217. The average Bonchev–Trinajstić information content (AvgIpc) is 3.13. The molecule has 28 heavy (non-hydrogen) atoms. The maximum atomic E-state index is 12.9. The number of rotatable bonds is 5. The molecule has 1 aliphatic heterocycles. The lowest BCUT2D eigenvalue weighted by molar-refractivity contribution is 0.254. The number of benzene rings is 2. The number of ether oxygens (including phenoxy) is 2. The first-order chi connectivity index (χ1) is 13.3. The molecule has 9 heteroatoms. The number of nitrogens with one attached hydrogen (secondary N) is 1. The fourth-order valence-electron chi connectivity index (χ4n) is 3.28. The van der Waals surface area contributed by atoms with E-state index >= 15 is 0 Å². The number of aryl methyl sites for hydroxylation is 1. The molecule has 0 bridgehead atoms. The molecule has 0 aliphatic carbocycles. The minimum Gasteiger partial charge on any atom is -0.492 e. The van der Waals surface area contributed by atoms with Crippen LogP contribution in [0, 0.1) is 0 Å². The van der Waals surface area contributed by atoms with Crippen LogP contribution in [0.25, 0.3) is 11.1 Å². The molecular weight excluding hydrogens is 384 g/mol. The fourth-order valence-corrected chi connectivity index (χ4v) is 4.36. The molecule has 8 nitrogen and oxygen atoms in total. The predicted octanol–water partition coefficient (Wildman–Crippen LogP) is 2.65. The average molecular weight is 404 g/mol. The van der Waals surface area contributed by atoms with Gasteiger partial charge in [0, 0.05) is 31.2 Å². The van der Waals surface area contributed by atoms with E-state index in [0.717, 1.165) is 12.0 Å². The van der Waals surface area contributed by atoms with Crippen LogP contribution in [-0.4, -0.2) is 25.7 Å². The molecule has 0 spiro atoms. The van der Waals surface area contributed by atoms with Gasteiger partial charge in [-0.15, -0.1) is 0 Å². The Balaban J connectivity index is 1.73. The number of fused-ring (bicyclic) bond motifs is 2. The first-order valence-corrected chi connectivity index (χ1v) is 10.4. The van der Waals surface area contributed by atoms with Gasteiger partial charge in [-0.2, -0.15) is 0 Å². The van der Waals surface area contributed by atoms with Gasteiger partial charge in [-0.05, 0) is 32.0 Å². The van der Waals surface area contributed by atoms with E-state index < -0.39 is 15.8 Å². The Morgan fingerprint density at radius 3 is 2.82 bits per heavy atom. The zero-order valence-electron chi connectivity index (χ0n) is 15.7. The monoisotopic (exact) mass is 404 g/mol. The van der Waals surface area contributed by atoms with Crippen LogP contribution in [0.1, 0.15) is 19.4 Å². The summed E-state index contributed by atoms with van der Waals surface area (Å²) in [5.74, 6) is 0.522. The van der Waals surface area contributed by atoms with Crippen LogP contribution in [0.4, 0.5) is 5.69 Å². The second-order valence-electron chi connectivity index (χ2n) is 6.68. The Bertz CT molecular complexity index is 1230. The van der Waals surface area contributed by atoms with Gasteiger partial charge in [-0.1, -0.05) is 0 Å². The molecule has 0 amide bonds. The lowest BCUT2D eigenvalue weighted by Crippen LogP contribution is -2.14. The van der Waals surface area contributed by atoms with Crippen molar-refractivity contribution < 1.29 is 22.3 Å². The molecular formula is C19H20N2O6S. The molecule has 1 aliphatic rings. The second-order valence-corrected chi connectivity index (χ2v) is 8.37. The van der Waals surface area contributed by atoms with Gasteiger partial charge in [0.15, 0.2) is 5.58 Å². The molecule has 3 aromatic rings. The Morgan fingerprint density at radius 2 is 2.07 bits per heavy atom. The smallest absolute Gasteiger partial charge is 0.419 e. The number of sulfonamides is 1. The Hall–Kier alpha value is -2.94. The van der Waals surface area contributed by atoms with Gasteiger partial charge in [-0.3, -0.25) is 9.29 Å². The molecule has 0 saturated heterocycles. The van der Waals surface area contributed by atoms with E-state index in [4.69, 9.17) is 13.9 Å². The number of hydrogen-bond donors (Lipinski definition) is 1. The van der Waals surface area contributed by atoms with Crippen molar-refractivity contribution in [1.82, 2.24) is 4.57 Å². The summed E-state index contributed by atoms with van der Waals surface area (Å²) in [5, 5.41) is 0. The summed E-state index contributed by atoms with van der Waals surface area (Å²) in [6, 6.07) is 7.73. The summed E-state index contributed by atoms with van der Waals surface area (Å²) < 4.78 is 46.2. The second kappa shape index (κ2) is 6.59. The molecule has 0 fully saturated rings. The van der Waals surface area contributed by atoms with E-state index in [1.807, 2.05) is 13.8 Å². The zero-order valence-corrected chi connectivity index (χ0v) is 16.5. The largest absolute Gasteiger partial charge is 0.492 e. The van der Waals surface area contributed by atoms with Gasteiger partial charge in [-0.25, -0.2) is 13.2 Å². The summed E-state index contributed by atoms with van der Waals surface area (Å²) in [4.78, 5) is 11.6. The first kappa shape index (κ1) is 18.4. The maximum absolute atomic E-state index is 12.9. The Labute approximate surface area is 161 Å². The van der Waals surface area contributed by atoms with Crippen LogP contribution < -0.4 is 20.0 Å². The third-order valence-corrected chi connectivity index (χ3v) is 5.98. The van der Waals surface area contributed by atoms with Gasteiger partial charge in [0.25, 0.3) is 10.0 Å². The Morgan fingerprint density at radius 1 is 1.29 bits per heavy atom. The summed E-state index contributed by atoms with van der Waals surface area (Å²) in [6.07, 6.45) is 0.770. The normalized spacial score (nSPS) is 16.0. The van der Waals surface area contributed by atoms with Crippen molar-refractivity contribution >= 4 is 26.8 Å². The highest BCUT2D eigenvalue weighted by Crippen LogP contribution is 2.39. The summed E-state index contributed by atoms with van der Waals surface area (Å²) in [7, 11) is -2.38. The van der Waals surface area contributed by atoms with Gasteiger partial charge in [0.1, 0.15) is 17.6 Å². The van der Waals surface area contributed by atoms with Crippen molar-refractivity contribution in [1.29, 1.82) is 0 Å². The SMILES string of the molecule is CCOc1cc2c(cc1NS(=O)(=O)c1ccc3c(c1)oc(=O)n3C)OC(C)C2. The van der Waals surface area contributed by atoms with Gasteiger partial charge in [0.05, 0.1) is 22.7 Å². The fraction of sp³-hybridized carbons (Fsp3) is 0.316. The van der Waals surface area contributed by atoms with Crippen LogP contribution in [0.3, 0.4) is 0 Å². The molecule has 2 heterocycles. The van der Waals surface area contributed by atoms with E-state index in [1.165, 1.54) is 22.8 Å². The van der Waals surface area contributed by atoms with Gasteiger partial charge >= 0.3 is 5.76 Å². The number of hydrogen-bond acceptors (Lipinski definition) is 6. The molecule has 0 radical (unpaired) electrons. The topological polar surface area (TPSA) is 99.8 Å². The molecule has 1 N–H and O–H groups in total. The molecule has 1 aromatic heterocycles. The first-order valence-electron chi connectivity index (χ1n) is 8.87. The van der Waals surface area contributed by atoms with E-state index in [2.05, 4.69) is 4.72 Å². The predicted molar refractivity (Wildman–Crippen MR) is 104 cm³/mol. The zero-order chi connectivity index (χ0) is 20.1. The molecule has 1 atom stereocenters. The highest BCUT2D eigenvalue weighted by molar-refractivity contribution is 7.92. The third kappa shape index (κ3) is 3.11. The summed E-state index contributed by atoms with van der Waals surface area (Å²) in [6.45, 7) is 4.17. The molecule has 0 saturated carbocycles. The van der Waals surface area contributed by atoms with Crippen molar-refractivity contribution in [3.63, 3.8) is 0 Å². The number of nitrogens with zero attached hydrogens (tertiary/aromatic N) is 1. The highest BCUT2D eigenvalue weighted by Gasteiger charge is 2.25. The van der Waals surface area contributed by atoms with Crippen LogP contribution in [0.2, 0.25) is 0 Å². The van der Waals surface area contributed by atoms with Crippen molar-refractivity contribution in [2.45, 2.75) is 31.3 Å². The van der Waals surface area contributed by atoms with Gasteiger partial charge in [0.2, 0.25) is 0 Å². The summed E-state index contributed by atoms with van der Waals surface area (Å²) >= 11 is 0. The number of oxazole rings is 1. The maximum Gasteiger partial charge on any atom is 0.419 e. The quantitative estimate of drug-likeness (QED) is 0.702. The van der Waals surface area contributed by atoms with Crippen LogP contribution >= 0.6 is 0 Å². The highest BCUT2D eigenvalue weighted by atomic mass is 32.2. The van der Waals surface area contributed by atoms with Gasteiger partial charge < -0.3 is 13.9 Å². The van der Waals surface area contributed by atoms with Crippen molar-refractivity contribution in [2.24, 2.45) is 7.05 Å². The van der Waals surface area contributed by atoms with Crippen LogP contribution in [0.15, 0.2) is 44.4 Å². The minimum atomic E-state index is -3.94. The van der Waals surface area contributed by atoms with Crippen molar-refractivity contribution in [3.05, 3.63) is 46.4 Å². The molecule has 148 valence electrons. The Kier molecular flexibility index (Phi) is 4.34. The van der Waals surface area contributed by atoms with E-state index in [0.29, 0.717) is 29.3 Å². The summed E-state index contributed by atoms with van der Waals surface area (Å²) in [5.41, 5.74) is 1.99. The third-order valence-electron chi connectivity index (χ3n) is 4.62. The number of anilines is 1. The molecule has 4 rings (SSSR count). The molecule has 2 aromatic carbocycles. The number of aromatic nitrogens is 1. The lowest BCUT2D eigenvalue weighted by Gasteiger charge is -2.14. The van der Waals surface area contributed by atoms with E-state index in [1.54, 1.807) is 19.2 Å². The lowest BCUT2D eigenvalue weighted by atomic mass is 10.1.